The molecule has 6 heteroatoms. The number of rotatable bonds is 3. The Balaban J connectivity index is 1.49. The number of carbonyl (C=O) groups is 1. The summed E-state index contributed by atoms with van der Waals surface area (Å²) in [7, 11) is 0. The van der Waals surface area contributed by atoms with Crippen molar-refractivity contribution in [2.24, 2.45) is 0 Å². The van der Waals surface area contributed by atoms with Gasteiger partial charge in [0.15, 0.2) is 11.5 Å². The van der Waals surface area contributed by atoms with Gasteiger partial charge in [-0.3, -0.25) is 4.79 Å². The number of benzene rings is 2. The molecular weight excluding hydrogens is 306 g/mol. The average Bonchev–Trinajstić information content (AvgIpc) is 3.23. The third kappa shape index (κ3) is 2.69. The number of anilines is 1. The lowest BCUT2D eigenvalue weighted by molar-refractivity contribution is 0.102. The molecule has 0 fully saturated rings. The molecule has 6 nitrogen and oxygen atoms in total. The van der Waals surface area contributed by atoms with Crippen molar-refractivity contribution in [2.75, 3.05) is 12.1 Å². The first kappa shape index (κ1) is 14.3. The molecule has 1 aliphatic heterocycles. The zero-order valence-electron chi connectivity index (χ0n) is 13.0. The highest BCUT2D eigenvalue weighted by Gasteiger charge is 2.16. The van der Waals surface area contributed by atoms with E-state index in [0.717, 1.165) is 11.4 Å². The van der Waals surface area contributed by atoms with E-state index in [9.17, 15) is 4.79 Å². The van der Waals surface area contributed by atoms with Crippen LogP contribution in [0.2, 0.25) is 0 Å². The van der Waals surface area contributed by atoms with Gasteiger partial charge in [0.1, 0.15) is 0 Å². The number of aryl methyl sites for hydroxylation is 1. The molecule has 4 rings (SSSR count). The van der Waals surface area contributed by atoms with Crippen LogP contribution in [0.15, 0.2) is 54.7 Å². The number of hydrogen-bond donors (Lipinski definition) is 1. The first-order valence-corrected chi connectivity index (χ1v) is 7.53. The van der Waals surface area contributed by atoms with E-state index in [4.69, 9.17) is 9.47 Å². The second-order valence-electron chi connectivity index (χ2n) is 5.47. The van der Waals surface area contributed by atoms with Gasteiger partial charge < -0.3 is 14.8 Å². The van der Waals surface area contributed by atoms with E-state index < -0.39 is 0 Å². The molecule has 2 heterocycles. The van der Waals surface area contributed by atoms with E-state index in [1.807, 2.05) is 43.5 Å². The smallest absolute Gasteiger partial charge is 0.255 e. The predicted molar refractivity (Wildman–Crippen MR) is 88.8 cm³/mol. The fraction of sp³-hybridized carbons (Fsp3) is 0.111. The SMILES string of the molecule is Cc1ccn(-c2ccc(NC(=O)c3ccc4c(c3)OCO4)cc2)n1. The molecule has 0 spiro atoms. The molecule has 0 unspecified atom stereocenters. The Bertz CT molecular complexity index is 900. The zero-order chi connectivity index (χ0) is 16.5. The fourth-order valence-corrected chi connectivity index (χ4v) is 2.50. The van der Waals surface area contributed by atoms with E-state index in [2.05, 4.69) is 10.4 Å². The van der Waals surface area contributed by atoms with E-state index >= 15 is 0 Å². The summed E-state index contributed by atoms with van der Waals surface area (Å²) in [6.45, 7) is 2.13. The molecule has 0 bridgehead atoms. The second-order valence-corrected chi connectivity index (χ2v) is 5.47. The van der Waals surface area contributed by atoms with Gasteiger partial charge in [-0.25, -0.2) is 4.68 Å². The zero-order valence-corrected chi connectivity index (χ0v) is 13.0. The third-order valence-corrected chi connectivity index (χ3v) is 3.75. The molecule has 0 saturated heterocycles. The number of nitrogens with zero attached hydrogens (tertiary/aromatic N) is 2. The van der Waals surface area contributed by atoms with Crippen molar-refractivity contribution < 1.29 is 14.3 Å². The highest BCUT2D eigenvalue weighted by Crippen LogP contribution is 2.32. The summed E-state index contributed by atoms with van der Waals surface area (Å²) >= 11 is 0. The van der Waals surface area contributed by atoms with Crippen molar-refractivity contribution >= 4 is 11.6 Å². The Hall–Kier alpha value is -3.28. The summed E-state index contributed by atoms with van der Waals surface area (Å²) < 4.78 is 12.3. The normalized spacial score (nSPS) is 12.2. The van der Waals surface area contributed by atoms with Gasteiger partial charge in [-0.15, -0.1) is 0 Å². The number of amides is 1. The number of nitrogens with one attached hydrogen (secondary N) is 1. The Kier molecular flexibility index (Phi) is 3.42. The highest BCUT2D eigenvalue weighted by molar-refractivity contribution is 6.04. The summed E-state index contributed by atoms with van der Waals surface area (Å²) in [4.78, 5) is 12.3. The number of carbonyl (C=O) groups excluding carboxylic acids is 1. The van der Waals surface area contributed by atoms with Gasteiger partial charge in [0.05, 0.1) is 11.4 Å². The quantitative estimate of drug-likeness (QED) is 0.805. The van der Waals surface area contributed by atoms with Crippen molar-refractivity contribution in [1.82, 2.24) is 9.78 Å². The minimum Gasteiger partial charge on any atom is -0.454 e. The molecule has 24 heavy (non-hydrogen) atoms. The lowest BCUT2D eigenvalue weighted by atomic mass is 10.2. The maximum absolute atomic E-state index is 12.3. The number of hydrogen-bond acceptors (Lipinski definition) is 4. The van der Waals surface area contributed by atoms with Crippen molar-refractivity contribution in [3.05, 3.63) is 66.0 Å². The Morgan fingerprint density at radius 2 is 1.88 bits per heavy atom. The molecule has 1 aromatic heterocycles. The Morgan fingerprint density at radius 3 is 2.62 bits per heavy atom. The van der Waals surface area contributed by atoms with E-state index in [0.29, 0.717) is 22.7 Å². The number of fused-ring (bicyclic) bond motifs is 1. The van der Waals surface area contributed by atoms with Gasteiger partial charge >= 0.3 is 0 Å². The van der Waals surface area contributed by atoms with Crippen molar-refractivity contribution in [2.45, 2.75) is 6.92 Å². The molecule has 0 radical (unpaired) electrons. The molecule has 3 aromatic rings. The fourth-order valence-electron chi connectivity index (χ4n) is 2.50. The molecule has 1 aliphatic rings. The molecule has 2 aromatic carbocycles. The first-order chi connectivity index (χ1) is 11.7. The van der Waals surface area contributed by atoms with Crippen LogP contribution in [0.4, 0.5) is 5.69 Å². The number of ether oxygens (including phenoxy) is 2. The summed E-state index contributed by atoms with van der Waals surface area (Å²) in [5, 5.41) is 7.22. The lowest BCUT2D eigenvalue weighted by Crippen LogP contribution is -2.11. The summed E-state index contributed by atoms with van der Waals surface area (Å²) in [6.07, 6.45) is 1.90. The minimum absolute atomic E-state index is 0.189. The predicted octanol–water partition coefficient (Wildman–Crippen LogP) is 3.16. The van der Waals surface area contributed by atoms with Gasteiger partial charge in [0.25, 0.3) is 5.91 Å². The van der Waals surface area contributed by atoms with Crippen molar-refractivity contribution in [3.63, 3.8) is 0 Å². The average molecular weight is 321 g/mol. The monoisotopic (exact) mass is 321 g/mol. The minimum atomic E-state index is -0.198. The molecular formula is C18H15N3O3. The molecule has 0 atom stereocenters. The van der Waals surface area contributed by atoms with Gasteiger partial charge in [-0.2, -0.15) is 5.10 Å². The summed E-state index contributed by atoms with van der Waals surface area (Å²) in [5.41, 5.74) is 3.12. The van der Waals surface area contributed by atoms with Crippen LogP contribution in [0, 0.1) is 6.92 Å². The molecule has 1 N–H and O–H groups in total. The first-order valence-electron chi connectivity index (χ1n) is 7.53. The van der Waals surface area contributed by atoms with Crippen LogP contribution in [0.1, 0.15) is 16.1 Å². The molecule has 1 amide bonds. The summed E-state index contributed by atoms with van der Waals surface area (Å²) in [5.74, 6) is 1.05. The van der Waals surface area contributed by atoms with E-state index in [1.54, 1.807) is 22.9 Å². The maximum atomic E-state index is 12.3. The Labute approximate surface area is 138 Å². The maximum Gasteiger partial charge on any atom is 0.255 e. The Morgan fingerprint density at radius 1 is 1.08 bits per heavy atom. The topological polar surface area (TPSA) is 65.4 Å². The standard InChI is InChI=1S/C18H15N3O3/c1-12-8-9-21(20-12)15-5-3-14(4-6-15)19-18(22)13-2-7-16-17(10-13)24-11-23-16/h2-10H,11H2,1H3,(H,19,22). The van der Waals surface area contributed by atoms with Gasteiger partial charge in [-0.1, -0.05) is 0 Å². The van der Waals surface area contributed by atoms with Gasteiger partial charge in [0.2, 0.25) is 6.79 Å². The summed E-state index contributed by atoms with van der Waals surface area (Å²) in [6, 6.07) is 14.6. The van der Waals surface area contributed by atoms with E-state index in [-0.39, 0.29) is 12.7 Å². The number of aromatic nitrogens is 2. The van der Waals surface area contributed by atoms with Crippen LogP contribution < -0.4 is 14.8 Å². The van der Waals surface area contributed by atoms with Crippen LogP contribution in [0.3, 0.4) is 0 Å². The van der Waals surface area contributed by atoms with Crippen LogP contribution >= 0.6 is 0 Å². The van der Waals surface area contributed by atoms with Crippen LogP contribution in [0.5, 0.6) is 11.5 Å². The van der Waals surface area contributed by atoms with Crippen molar-refractivity contribution in [3.8, 4) is 17.2 Å². The van der Waals surface area contributed by atoms with Crippen LogP contribution in [-0.2, 0) is 0 Å². The van der Waals surface area contributed by atoms with Gasteiger partial charge in [0, 0.05) is 17.4 Å². The van der Waals surface area contributed by atoms with Crippen molar-refractivity contribution in [1.29, 1.82) is 0 Å². The third-order valence-electron chi connectivity index (χ3n) is 3.75. The van der Waals surface area contributed by atoms with Gasteiger partial charge in [-0.05, 0) is 55.5 Å². The second kappa shape index (κ2) is 5.73. The van der Waals surface area contributed by atoms with Crippen LogP contribution in [-0.4, -0.2) is 22.5 Å². The molecule has 0 aliphatic carbocycles. The van der Waals surface area contributed by atoms with E-state index in [1.165, 1.54) is 0 Å². The lowest BCUT2D eigenvalue weighted by Gasteiger charge is -2.07. The molecule has 0 saturated carbocycles. The molecule has 120 valence electrons. The largest absolute Gasteiger partial charge is 0.454 e. The van der Waals surface area contributed by atoms with Crippen LogP contribution in [0.25, 0.3) is 5.69 Å². The highest BCUT2D eigenvalue weighted by atomic mass is 16.7.